The lowest BCUT2D eigenvalue weighted by Gasteiger charge is -2.15. The molecular weight excluding hydrogens is 755 g/mol. The lowest BCUT2D eigenvalue weighted by Crippen LogP contribution is -2.22. The molecule has 0 atom stereocenters. The molecule has 59 heavy (non-hydrogen) atoms. The molecule has 0 fully saturated rings. The summed E-state index contributed by atoms with van der Waals surface area (Å²) in [6, 6.07) is 35.7. The molecule has 12 heteroatoms. The molecule has 0 unspecified atom stereocenters. The summed E-state index contributed by atoms with van der Waals surface area (Å²) in [6.07, 6.45) is 7.53. The Kier molecular flexibility index (Phi) is 12.3. The van der Waals surface area contributed by atoms with Crippen molar-refractivity contribution in [2.75, 3.05) is 17.7 Å². The highest BCUT2D eigenvalue weighted by Crippen LogP contribution is 2.26. The molecule has 4 heterocycles. The van der Waals surface area contributed by atoms with Crippen LogP contribution in [0.4, 0.5) is 11.4 Å². The number of fused-ring (bicyclic) bond motifs is 2. The molecular formula is C47H49N7O4Si. The molecule has 1 amide bonds. The van der Waals surface area contributed by atoms with E-state index in [1.54, 1.807) is 21.3 Å². The van der Waals surface area contributed by atoms with Crippen molar-refractivity contribution in [3.63, 3.8) is 0 Å². The number of nitrogens with zero attached hydrogens (tertiary/aromatic N) is 5. The number of nitrogens with one attached hydrogen (secondary N) is 1. The predicted octanol–water partition coefficient (Wildman–Crippen LogP) is 8.26. The fourth-order valence-corrected chi connectivity index (χ4v) is 7.62. The molecule has 7 aromatic rings. The number of carbonyl (C=O) groups is 1. The minimum Gasteiger partial charge on any atom is -0.399 e. The van der Waals surface area contributed by atoms with Crippen molar-refractivity contribution in [3.05, 3.63) is 171 Å². The number of hydrogen-bond acceptors (Lipinski definition) is 7. The fourth-order valence-electron chi connectivity index (χ4n) is 6.86. The SMILES string of the molecule is CC(=O)Nc1cccc(Cn2cc(-c3ccc4c(c3)CN=C4)ccc2=O)c1.C[Si](C)(C)CCOCn1ncc2ccc(-c3ccc(=O)n(Cc4cccc(N)c4)c3)cc21. The molecule has 0 saturated heterocycles. The number of aromatic nitrogens is 4. The molecule has 0 aliphatic carbocycles. The number of rotatable bonds is 12. The smallest absolute Gasteiger partial charge is 0.250 e. The third-order valence-corrected chi connectivity index (χ3v) is 11.7. The minimum absolute atomic E-state index is 0.0434. The van der Waals surface area contributed by atoms with Gasteiger partial charge in [-0.2, -0.15) is 5.10 Å². The number of carbonyl (C=O) groups excluding carboxylic acids is 1. The van der Waals surface area contributed by atoms with E-state index in [9.17, 15) is 14.4 Å². The summed E-state index contributed by atoms with van der Waals surface area (Å²) in [5.41, 5.74) is 16.6. The molecule has 0 radical (unpaired) electrons. The summed E-state index contributed by atoms with van der Waals surface area (Å²) < 4.78 is 11.2. The average molecular weight is 804 g/mol. The van der Waals surface area contributed by atoms with E-state index < -0.39 is 8.07 Å². The van der Waals surface area contributed by atoms with E-state index in [0.717, 1.165) is 68.2 Å². The average Bonchev–Trinajstić information content (AvgIpc) is 3.84. The van der Waals surface area contributed by atoms with Gasteiger partial charge in [0.2, 0.25) is 5.91 Å². The van der Waals surface area contributed by atoms with E-state index in [1.807, 2.05) is 90.2 Å². The number of anilines is 2. The number of nitrogen functional groups attached to an aromatic ring is 1. The Hall–Kier alpha value is -6.63. The first kappa shape index (κ1) is 40.6. The van der Waals surface area contributed by atoms with Gasteiger partial charge >= 0.3 is 0 Å². The van der Waals surface area contributed by atoms with Crippen molar-refractivity contribution in [2.24, 2.45) is 4.99 Å². The molecule has 1 aliphatic rings. The highest BCUT2D eigenvalue weighted by atomic mass is 28.3. The van der Waals surface area contributed by atoms with E-state index in [2.05, 4.69) is 71.4 Å². The lowest BCUT2D eigenvalue weighted by atomic mass is 10.0. The van der Waals surface area contributed by atoms with Gasteiger partial charge in [0.25, 0.3) is 11.1 Å². The summed E-state index contributed by atoms with van der Waals surface area (Å²) in [6.45, 7) is 11.3. The van der Waals surface area contributed by atoms with Gasteiger partial charge in [0, 0.05) is 69.1 Å². The largest absolute Gasteiger partial charge is 0.399 e. The van der Waals surface area contributed by atoms with E-state index in [0.29, 0.717) is 32.1 Å². The molecule has 300 valence electrons. The first-order valence-electron chi connectivity index (χ1n) is 19.7. The topological polar surface area (TPSA) is 139 Å². The molecule has 0 bridgehead atoms. The van der Waals surface area contributed by atoms with Crippen LogP contribution in [-0.4, -0.2) is 45.7 Å². The van der Waals surface area contributed by atoms with Crippen LogP contribution in [0.5, 0.6) is 0 Å². The van der Waals surface area contributed by atoms with Gasteiger partial charge in [0.05, 0.1) is 31.3 Å². The number of nitrogens with two attached hydrogens (primary N) is 1. The van der Waals surface area contributed by atoms with Crippen LogP contribution in [0.2, 0.25) is 25.7 Å². The van der Waals surface area contributed by atoms with Crippen LogP contribution < -0.4 is 22.2 Å². The number of pyridine rings is 2. The number of benzene rings is 4. The second-order valence-electron chi connectivity index (χ2n) is 16.0. The Balaban J connectivity index is 0.000000181. The number of ether oxygens (including phenoxy) is 1. The molecule has 1 aliphatic heterocycles. The normalized spacial score (nSPS) is 11.9. The van der Waals surface area contributed by atoms with Crippen molar-refractivity contribution in [3.8, 4) is 22.3 Å². The maximum absolute atomic E-state index is 12.4. The summed E-state index contributed by atoms with van der Waals surface area (Å²) in [4.78, 5) is 40.3. The number of hydrogen-bond donors (Lipinski definition) is 2. The third kappa shape index (κ3) is 10.7. The zero-order chi connectivity index (χ0) is 41.5. The molecule has 8 rings (SSSR count). The van der Waals surface area contributed by atoms with Crippen molar-refractivity contribution in [2.45, 2.75) is 59.0 Å². The van der Waals surface area contributed by atoms with Gasteiger partial charge in [-0.15, -0.1) is 0 Å². The fraction of sp³-hybridized carbons (Fsp3) is 0.213. The summed E-state index contributed by atoms with van der Waals surface area (Å²) in [5.74, 6) is -0.119. The van der Waals surface area contributed by atoms with Gasteiger partial charge < -0.3 is 24.9 Å². The van der Waals surface area contributed by atoms with Crippen LogP contribution in [-0.2, 0) is 35.9 Å². The molecule has 3 N–H and O–H groups in total. The van der Waals surface area contributed by atoms with Gasteiger partial charge in [-0.1, -0.05) is 68.2 Å². The standard InChI is InChI=1S/C25H30N4O2Si.C22H19N3O2/c1-32(2,3)12-11-31-18-29-24-14-20(7-8-21(24)15-27-29)22-9-10-25(30)28(17-22)16-19-5-4-6-23(26)13-19;1-15(26)24-21-4-2-3-16(9-21)13-25-14-19(7-8-22(25)27)17-5-6-18-11-23-12-20(18)10-17/h4-10,13-15,17H,11-12,16,18,26H2,1-3H3;2-11,14H,12-13H2,1H3,(H,24,26). The zero-order valence-corrected chi connectivity index (χ0v) is 34.9. The van der Waals surface area contributed by atoms with Gasteiger partial charge in [-0.3, -0.25) is 19.4 Å². The van der Waals surface area contributed by atoms with E-state index >= 15 is 0 Å². The second-order valence-corrected chi connectivity index (χ2v) is 21.7. The van der Waals surface area contributed by atoms with Crippen molar-refractivity contribution >= 4 is 42.5 Å². The molecule has 4 aromatic carbocycles. The van der Waals surface area contributed by atoms with Crippen LogP contribution in [0.15, 0.2) is 142 Å². The van der Waals surface area contributed by atoms with Crippen molar-refractivity contribution < 1.29 is 9.53 Å². The van der Waals surface area contributed by atoms with Crippen LogP contribution in [0.3, 0.4) is 0 Å². The van der Waals surface area contributed by atoms with Crippen LogP contribution in [0.25, 0.3) is 33.2 Å². The zero-order valence-electron chi connectivity index (χ0n) is 33.9. The Morgan fingerprint density at radius 2 is 1.42 bits per heavy atom. The van der Waals surface area contributed by atoms with E-state index in [-0.39, 0.29) is 17.0 Å². The third-order valence-electron chi connectivity index (χ3n) is 10.0. The minimum atomic E-state index is -1.12. The molecule has 0 spiro atoms. The van der Waals surface area contributed by atoms with Gasteiger partial charge in [0.1, 0.15) is 6.73 Å². The second kappa shape index (κ2) is 17.9. The van der Waals surface area contributed by atoms with Crippen LogP contribution in [0.1, 0.15) is 29.2 Å². The Morgan fingerprint density at radius 3 is 2.10 bits per heavy atom. The molecule has 3 aromatic heterocycles. The number of aliphatic imine (C=N–C) groups is 1. The van der Waals surface area contributed by atoms with Crippen molar-refractivity contribution in [1.29, 1.82) is 0 Å². The van der Waals surface area contributed by atoms with Gasteiger partial charge in [-0.05, 0) is 99.1 Å². The van der Waals surface area contributed by atoms with Gasteiger partial charge in [0.15, 0.2) is 0 Å². The van der Waals surface area contributed by atoms with Crippen LogP contribution >= 0.6 is 0 Å². The lowest BCUT2D eigenvalue weighted by molar-refractivity contribution is -0.114. The first-order chi connectivity index (χ1) is 28.4. The van der Waals surface area contributed by atoms with E-state index in [1.165, 1.54) is 12.5 Å². The predicted molar refractivity (Wildman–Crippen MR) is 241 cm³/mol. The molecule has 11 nitrogen and oxygen atoms in total. The van der Waals surface area contributed by atoms with Crippen LogP contribution in [0, 0.1) is 0 Å². The van der Waals surface area contributed by atoms with Crippen molar-refractivity contribution in [1.82, 2.24) is 18.9 Å². The maximum Gasteiger partial charge on any atom is 0.250 e. The monoisotopic (exact) mass is 803 g/mol. The highest BCUT2D eigenvalue weighted by Gasteiger charge is 2.13. The van der Waals surface area contributed by atoms with E-state index in [4.69, 9.17) is 10.5 Å². The quantitative estimate of drug-likeness (QED) is 0.0725. The maximum atomic E-state index is 12.4. The summed E-state index contributed by atoms with van der Waals surface area (Å²) in [7, 11) is -1.12. The highest BCUT2D eigenvalue weighted by molar-refractivity contribution is 6.76. The number of amides is 1. The first-order valence-corrected chi connectivity index (χ1v) is 23.4. The van der Waals surface area contributed by atoms with Gasteiger partial charge in [-0.25, -0.2) is 4.68 Å². The Bertz CT molecular complexity index is 2780. The Labute approximate surface area is 344 Å². The summed E-state index contributed by atoms with van der Waals surface area (Å²) in [5, 5.41) is 8.33. The summed E-state index contributed by atoms with van der Waals surface area (Å²) >= 11 is 0. The molecule has 0 saturated carbocycles. The Morgan fingerprint density at radius 1 is 0.780 bits per heavy atom.